The van der Waals surface area contributed by atoms with Crippen molar-refractivity contribution in [3.63, 3.8) is 0 Å². The highest BCUT2D eigenvalue weighted by atomic mass is 32.2. The zero-order valence-corrected chi connectivity index (χ0v) is 11.8. The average Bonchev–Trinajstić information content (AvgIpc) is 3.00. The Kier molecular flexibility index (Phi) is 3.26. The smallest absolute Gasteiger partial charge is 0.157 e. The maximum absolute atomic E-state index is 4.90. The fourth-order valence-corrected chi connectivity index (χ4v) is 3.56. The lowest BCUT2D eigenvalue weighted by molar-refractivity contribution is 0.393. The number of hydrogen-bond acceptors (Lipinski definition) is 3. The van der Waals surface area contributed by atoms with Crippen LogP contribution in [0.5, 0.6) is 0 Å². The summed E-state index contributed by atoms with van der Waals surface area (Å²) >= 11 is 1.89. The van der Waals surface area contributed by atoms with Gasteiger partial charge in [0.15, 0.2) is 5.17 Å². The normalized spacial score (nSPS) is 31.1. The minimum Gasteiger partial charge on any atom is -0.360 e. The van der Waals surface area contributed by atoms with E-state index in [1.54, 1.807) is 0 Å². The molecule has 0 aromatic heterocycles. The summed E-state index contributed by atoms with van der Waals surface area (Å²) in [5.74, 6) is 2.06. The van der Waals surface area contributed by atoms with Crippen LogP contribution in [0.2, 0.25) is 0 Å². The van der Waals surface area contributed by atoms with E-state index in [2.05, 4.69) is 33.0 Å². The quantitative estimate of drug-likeness (QED) is 0.817. The molecule has 92 valence electrons. The first-order chi connectivity index (χ1) is 7.45. The van der Waals surface area contributed by atoms with Crippen molar-refractivity contribution >= 4 is 16.9 Å². The Labute approximate surface area is 104 Å². The van der Waals surface area contributed by atoms with Crippen molar-refractivity contribution in [2.24, 2.45) is 10.9 Å². The fraction of sp³-hybridized carbons (Fsp3) is 0.923. The predicted molar refractivity (Wildman–Crippen MR) is 73.1 cm³/mol. The summed E-state index contributed by atoms with van der Waals surface area (Å²) in [6.45, 7) is 9.14. The van der Waals surface area contributed by atoms with E-state index in [4.69, 9.17) is 4.99 Å². The molecule has 2 rings (SSSR count). The first kappa shape index (κ1) is 12.3. The number of aliphatic imine (C=N–C) groups is 1. The Bertz CT molecular complexity index is 294. The molecule has 0 radical (unpaired) electrons. The number of nitrogens with zero attached hydrogens (tertiary/aromatic N) is 1. The molecule has 0 bridgehead atoms. The Morgan fingerprint density at radius 2 is 2.19 bits per heavy atom. The molecule has 1 atom stereocenters. The molecule has 16 heavy (non-hydrogen) atoms. The van der Waals surface area contributed by atoms with Gasteiger partial charge in [0.1, 0.15) is 0 Å². The molecule has 1 aliphatic heterocycles. The van der Waals surface area contributed by atoms with Crippen molar-refractivity contribution in [1.82, 2.24) is 5.32 Å². The van der Waals surface area contributed by atoms with Gasteiger partial charge in [-0.05, 0) is 52.4 Å². The molecule has 0 spiro atoms. The lowest BCUT2D eigenvalue weighted by Gasteiger charge is -2.34. The molecule has 1 unspecified atom stereocenters. The van der Waals surface area contributed by atoms with E-state index in [9.17, 15) is 0 Å². The molecule has 1 saturated carbocycles. The highest BCUT2D eigenvalue weighted by Gasteiger charge is 2.39. The van der Waals surface area contributed by atoms with E-state index in [1.165, 1.54) is 30.2 Å². The summed E-state index contributed by atoms with van der Waals surface area (Å²) in [5.41, 5.74) is 0.408. The molecule has 1 fully saturated rings. The number of thioether (sulfide) groups is 1. The van der Waals surface area contributed by atoms with Gasteiger partial charge in [0.25, 0.3) is 0 Å². The Morgan fingerprint density at radius 3 is 2.75 bits per heavy atom. The van der Waals surface area contributed by atoms with Gasteiger partial charge in [-0.3, -0.25) is 4.99 Å². The monoisotopic (exact) mass is 240 g/mol. The molecule has 2 aliphatic rings. The van der Waals surface area contributed by atoms with Crippen LogP contribution >= 0.6 is 11.8 Å². The average molecular weight is 240 g/mol. The second-order valence-corrected chi connectivity index (χ2v) is 7.07. The van der Waals surface area contributed by atoms with Crippen LogP contribution in [0.25, 0.3) is 0 Å². The largest absolute Gasteiger partial charge is 0.360 e. The number of amidine groups is 1. The first-order valence-electron chi connectivity index (χ1n) is 6.46. The van der Waals surface area contributed by atoms with Crippen molar-refractivity contribution < 1.29 is 0 Å². The van der Waals surface area contributed by atoms with Crippen LogP contribution in [0.3, 0.4) is 0 Å². The fourth-order valence-electron chi connectivity index (χ4n) is 2.20. The van der Waals surface area contributed by atoms with Crippen LogP contribution in [0.15, 0.2) is 4.99 Å². The molecule has 1 heterocycles. The number of rotatable bonds is 3. The summed E-state index contributed by atoms with van der Waals surface area (Å²) in [6, 6.07) is 0. The maximum atomic E-state index is 4.90. The summed E-state index contributed by atoms with van der Waals surface area (Å²) in [4.78, 5) is 4.90. The maximum Gasteiger partial charge on any atom is 0.157 e. The van der Waals surface area contributed by atoms with Gasteiger partial charge in [-0.25, -0.2) is 0 Å². The van der Waals surface area contributed by atoms with Crippen LogP contribution in [0, 0.1) is 5.92 Å². The van der Waals surface area contributed by atoms with Crippen LogP contribution in [0.4, 0.5) is 0 Å². The molecule has 1 aliphatic carbocycles. The van der Waals surface area contributed by atoms with Gasteiger partial charge in [0.05, 0.1) is 5.54 Å². The molecule has 3 heteroatoms. The van der Waals surface area contributed by atoms with Gasteiger partial charge >= 0.3 is 0 Å². The Hall–Kier alpha value is -0.180. The lowest BCUT2D eigenvalue weighted by atomic mass is 9.96. The molecule has 0 saturated heterocycles. The van der Waals surface area contributed by atoms with E-state index >= 15 is 0 Å². The van der Waals surface area contributed by atoms with Gasteiger partial charge in [0.2, 0.25) is 0 Å². The van der Waals surface area contributed by atoms with Crippen LogP contribution in [0.1, 0.15) is 53.4 Å². The van der Waals surface area contributed by atoms with E-state index in [1.807, 2.05) is 11.8 Å². The molecule has 2 nitrogen and oxygen atoms in total. The predicted octanol–water partition coefficient (Wildman–Crippen LogP) is 3.43. The molecule has 0 aromatic rings. The highest BCUT2D eigenvalue weighted by molar-refractivity contribution is 8.13. The van der Waals surface area contributed by atoms with Gasteiger partial charge in [-0.2, -0.15) is 0 Å². The van der Waals surface area contributed by atoms with E-state index < -0.39 is 0 Å². The van der Waals surface area contributed by atoms with Crippen molar-refractivity contribution in [3.05, 3.63) is 0 Å². The first-order valence-corrected chi connectivity index (χ1v) is 7.44. The Morgan fingerprint density at radius 1 is 1.50 bits per heavy atom. The third-order valence-corrected chi connectivity index (χ3v) is 4.91. The highest BCUT2D eigenvalue weighted by Crippen LogP contribution is 2.40. The van der Waals surface area contributed by atoms with Crippen LogP contribution in [-0.2, 0) is 0 Å². The molecular weight excluding hydrogens is 216 g/mol. The van der Waals surface area contributed by atoms with Gasteiger partial charge < -0.3 is 5.32 Å². The van der Waals surface area contributed by atoms with Crippen molar-refractivity contribution in [2.45, 2.75) is 64.5 Å². The van der Waals surface area contributed by atoms with Gasteiger partial charge in [-0.15, -0.1) is 0 Å². The molecular formula is C13H24N2S. The van der Waals surface area contributed by atoms with E-state index in [0.29, 0.717) is 0 Å². The van der Waals surface area contributed by atoms with Gasteiger partial charge in [-0.1, -0.05) is 18.7 Å². The second kappa shape index (κ2) is 4.25. The summed E-state index contributed by atoms with van der Waals surface area (Å²) in [7, 11) is 0. The van der Waals surface area contributed by atoms with Crippen molar-refractivity contribution in [3.8, 4) is 0 Å². The van der Waals surface area contributed by atoms with Crippen molar-refractivity contribution in [2.75, 3.05) is 5.75 Å². The van der Waals surface area contributed by atoms with Crippen LogP contribution < -0.4 is 5.32 Å². The molecule has 0 amide bonds. The summed E-state index contributed by atoms with van der Waals surface area (Å²) in [6.07, 6.45) is 5.11. The topological polar surface area (TPSA) is 24.4 Å². The second-order valence-electron chi connectivity index (χ2n) is 5.99. The zero-order chi connectivity index (χ0) is 11.8. The van der Waals surface area contributed by atoms with Crippen LogP contribution in [-0.4, -0.2) is 22.0 Å². The Balaban J connectivity index is 2.03. The lowest BCUT2D eigenvalue weighted by Crippen LogP contribution is -2.46. The minimum absolute atomic E-state index is 0.174. The van der Waals surface area contributed by atoms with Crippen molar-refractivity contribution in [1.29, 1.82) is 0 Å². The SMILES string of the molecule is CCC1(C)CCSC(NC(C)(C)C2CC2)=N1. The summed E-state index contributed by atoms with van der Waals surface area (Å²) in [5, 5.41) is 4.83. The third-order valence-electron chi connectivity index (χ3n) is 4.04. The number of nitrogens with one attached hydrogen (secondary N) is 1. The zero-order valence-electron chi connectivity index (χ0n) is 11.0. The van der Waals surface area contributed by atoms with Gasteiger partial charge in [0, 0.05) is 11.3 Å². The van der Waals surface area contributed by atoms with E-state index in [0.717, 1.165) is 12.3 Å². The molecule has 1 N–H and O–H groups in total. The summed E-state index contributed by atoms with van der Waals surface area (Å²) < 4.78 is 0. The van der Waals surface area contributed by atoms with E-state index in [-0.39, 0.29) is 11.1 Å². The molecule has 0 aromatic carbocycles. The third kappa shape index (κ3) is 2.73. The standard InChI is InChI=1S/C13H24N2S/c1-5-13(4)8-9-16-11(15-13)14-12(2,3)10-6-7-10/h10H,5-9H2,1-4H3,(H,14,15). The number of hydrogen-bond donors (Lipinski definition) is 1. The minimum atomic E-state index is 0.174.